The van der Waals surface area contributed by atoms with E-state index in [-0.39, 0.29) is 5.97 Å². The summed E-state index contributed by atoms with van der Waals surface area (Å²) in [6, 6.07) is 0. The highest BCUT2D eigenvalue weighted by Crippen LogP contribution is 2.13. The lowest BCUT2D eigenvalue weighted by atomic mass is 10.0. The highest BCUT2D eigenvalue weighted by molar-refractivity contribution is 5.69. The van der Waals surface area contributed by atoms with Gasteiger partial charge in [0.05, 0.1) is 6.61 Å². The Hall–Kier alpha value is -0.530. The van der Waals surface area contributed by atoms with Gasteiger partial charge in [0.25, 0.3) is 0 Å². The second kappa shape index (κ2) is 12.9. The first-order chi connectivity index (χ1) is 8.74. The van der Waals surface area contributed by atoms with Crippen molar-refractivity contribution in [3.05, 3.63) is 0 Å². The summed E-state index contributed by atoms with van der Waals surface area (Å²) in [5.41, 5.74) is 0. The van der Waals surface area contributed by atoms with Gasteiger partial charge in [-0.3, -0.25) is 4.79 Å². The van der Waals surface area contributed by atoms with E-state index in [0.717, 1.165) is 19.3 Å². The van der Waals surface area contributed by atoms with Gasteiger partial charge < -0.3 is 4.74 Å². The Bertz CT molecular complexity index is 190. The molecule has 0 aromatic heterocycles. The van der Waals surface area contributed by atoms with Crippen LogP contribution in [-0.4, -0.2) is 12.6 Å². The molecule has 0 spiro atoms. The number of rotatable bonds is 12. The van der Waals surface area contributed by atoms with Crippen molar-refractivity contribution in [1.29, 1.82) is 0 Å². The number of carbonyl (C=O) groups excluding carboxylic acids is 1. The molecule has 1 atom stereocenters. The first-order valence-corrected chi connectivity index (χ1v) is 7.90. The lowest BCUT2D eigenvalue weighted by Gasteiger charge is -2.14. The third-order valence-corrected chi connectivity index (χ3v) is 3.51. The van der Waals surface area contributed by atoms with Crippen LogP contribution in [0.4, 0.5) is 0 Å². The molecular weight excluding hydrogens is 224 g/mol. The molecule has 0 saturated heterocycles. The molecule has 0 aliphatic carbocycles. The first kappa shape index (κ1) is 17.5. The van der Waals surface area contributed by atoms with Gasteiger partial charge in [0.2, 0.25) is 0 Å². The summed E-state index contributed by atoms with van der Waals surface area (Å²) in [6.07, 6.45) is 11.3. The third-order valence-electron chi connectivity index (χ3n) is 3.51. The molecular formula is C16H32O2. The molecule has 1 unspecified atom stereocenters. The van der Waals surface area contributed by atoms with E-state index in [0.29, 0.717) is 18.9 Å². The predicted molar refractivity (Wildman–Crippen MR) is 77.6 cm³/mol. The highest BCUT2D eigenvalue weighted by Gasteiger charge is 2.09. The maximum absolute atomic E-state index is 11.5. The van der Waals surface area contributed by atoms with Gasteiger partial charge in [0.1, 0.15) is 0 Å². The smallest absolute Gasteiger partial charge is 0.305 e. The SMILES string of the molecule is CCCCCCCC(=O)OCC(CC)CCCC. The van der Waals surface area contributed by atoms with Crippen molar-refractivity contribution in [3.63, 3.8) is 0 Å². The summed E-state index contributed by atoms with van der Waals surface area (Å²) >= 11 is 0. The summed E-state index contributed by atoms with van der Waals surface area (Å²) < 4.78 is 5.36. The van der Waals surface area contributed by atoms with Crippen LogP contribution in [-0.2, 0) is 9.53 Å². The molecule has 0 aromatic rings. The average molecular weight is 256 g/mol. The van der Waals surface area contributed by atoms with E-state index in [9.17, 15) is 4.79 Å². The molecule has 0 fully saturated rings. The van der Waals surface area contributed by atoms with Crippen LogP contribution in [0.5, 0.6) is 0 Å². The second-order valence-electron chi connectivity index (χ2n) is 5.26. The molecule has 18 heavy (non-hydrogen) atoms. The second-order valence-corrected chi connectivity index (χ2v) is 5.26. The quantitative estimate of drug-likeness (QED) is 0.358. The van der Waals surface area contributed by atoms with E-state index >= 15 is 0 Å². The Morgan fingerprint density at radius 3 is 2.22 bits per heavy atom. The predicted octanol–water partition coefficient (Wildman–Crippen LogP) is 5.11. The van der Waals surface area contributed by atoms with Gasteiger partial charge in [-0.25, -0.2) is 0 Å². The number of carbonyl (C=O) groups is 1. The molecule has 0 rings (SSSR count). The van der Waals surface area contributed by atoms with Crippen LogP contribution < -0.4 is 0 Å². The molecule has 0 amide bonds. The van der Waals surface area contributed by atoms with Crippen molar-refractivity contribution in [2.24, 2.45) is 5.92 Å². The summed E-state index contributed by atoms with van der Waals surface area (Å²) in [5.74, 6) is 0.565. The topological polar surface area (TPSA) is 26.3 Å². The Labute approximate surface area is 113 Å². The van der Waals surface area contributed by atoms with Crippen LogP contribution in [0.3, 0.4) is 0 Å². The van der Waals surface area contributed by atoms with Crippen LogP contribution in [0, 0.1) is 5.92 Å². The molecule has 0 aliphatic heterocycles. The average Bonchev–Trinajstić information content (AvgIpc) is 2.39. The van der Waals surface area contributed by atoms with E-state index in [1.54, 1.807) is 0 Å². The van der Waals surface area contributed by atoms with E-state index in [4.69, 9.17) is 4.74 Å². The highest BCUT2D eigenvalue weighted by atomic mass is 16.5. The summed E-state index contributed by atoms with van der Waals surface area (Å²) in [6.45, 7) is 7.22. The standard InChI is InChI=1S/C16H32O2/c1-4-7-9-10-11-13-16(17)18-14-15(6-3)12-8-5-2/h15H,4-14H2,1-3H3. The maximum atomic E-state index is 11.5. The first-order valence-electron chi connectivity index (χ1n) is 7.90. The molecule has 0 aliphatic rings. The number of hydrogen-bond acceptors (Lipinski definition) is 2. The summed E-state index contributed by atoms with van der Waals surface area (Å²) in [5, 5.41) is 0. The zero-order valence-electron chi connectivity index (χ0n) is 12.7. The number of ether oxygens (including phenoxy) is 1. The van der Waals surface area contributed by atoms with Gasteiger partial charge >= 0.3 is 5.97 Å². The fraction of sp³-hybridized carbons (Fsp3) is 0.938. The number of unbranched alkanes of at least 4 members (excludes halogenated alkanes) is 5. The van der Waals surface area contributed by atoms with Gasteiger partial charge in [-0.15, -0.1) is 0 Å². The van der Waals surface area contributed by atoms with Gasteiger partial charge in [0, 0.05) is 6.42 Å². The largest absolute Gasteiger partial charge is 0.465 e. The van der Waals surface area contributed by atoms with E-state index in [1.165, 1.54) is 38.5 Å². The van der Waals surface area contributed by atoms with E-state index < -0.39 is 0 Å². The fourth-order valence-electron chi connectivity index (χ4n) is 2.05. The van der Waals surface area contributed by atoms with Crippen molar-refractivity contribution in [2.45, 2.75) is 85.0 Å². The van der Waals surface area contributed by atoms with Gasteiger partial charge in [-0.2, -0.15) is 0 Å². The third kappa shape index (κ3) is 10.6. The fourth-order valence-corrected chi connectivity index (χ4v) is 2.05. The van der Waals surface area contributed by atoms with E-state index in [1.807, 2.05) is 0 Å². The lowest BCUT2D eigenvalue weighted by Crippen LogP contribution is -2.13. The van der Waals surface area contributed by atoms with Crippen molar-refractivity contribution >= 4 is 5.97 Å². The molecule has 0 N–H and O–H groups in total. The molecule has 0 heterocycles. The lowest BCUT2D eigenvalue weighted by molar-refractivity contribution is -0.145. The normalized spacial score (nSPS) is 12.4. The van der Waals surface area contributed by atoms with Gasteiger partial charge in [0.15, 0.2) is 0 Å². The molecule has 0 bridgehead atoms. The minimum Gasteiger partial charge on any atom is -0.465 e. The van der Waals surface area contributed by atoms with Crippen molar-refractivity contribution < 1.29 is 9.53 Å². The molecule has 2 heteroatoms. The minimum absolute atomic E-state index is 0.00134. The van der Waals surface area contributed by atoms with Crippen LogP contribution in [0.2, 0.25) is 0 Å². The van der Waals surface area contributed by atoms with Gasteiger partial charge in [-0.05, 0) is 18.8 Å². The molecule has 0 aromatic carbocycles. The van der Waals surface area contributed by atoms with Crippen molar-refractivity contribution in [2.75, 3.05) is 6.61 Å². The van der Waals surface area contributed by atoms with Crippen molar-refractivity contribution in [3.8, 4) is 0 Å². The summed E-state index contributed by atoms with van der Waals surface area (Å²) in [7, 11) is 0. The Morgan fingerprint density at radius 2 is 1.61 bits per heavy atom. The van der Waals surface area contributed by atoms with Crippen LogP contribution in [0.25, 0.3) is 0 Å². The van der Waals surface area contributed by atoms with Crippen LogP contribution in [0.1, 0.15) is 85.0 Å². The summed E-state index contributed by atoms with van der Waals surface area (Å²) in [4.78, 5) is 11.5. The van der Waals surface area contributed by atoms with Crippen LogP contribution >= 0.6 is 0 Å². The zero-order valence-corrected chi connectivity index (χ0v) is 12.7. The number of esters is 1. The molecule has 0 radical (unpaired) electrons. The van der Waals surface area contributed by atoms with E-state index in [2.05, 4.69) is 20.8 Å². The van der Waals surface area contributed by atoms with Crippen LogP contribution in [0.15, 0.2) is 0 Å². The maximum Gasteiger partial charge on any atom is 0.305 e. The molecule has 108 valence electrons. The Morgan fingerprint density at radius 1 is 0.944 bits per heavy atom. The Kier molecular flexibility index (Phi) is 12.5. The Balaban J connectivity index is 3.49. The monoisotopic (exact) mass is 256 g/mol. The molecule has 0 saturated carbocycles. The minimum atomic E-state index is 0.00134. The van der Waals surface area contributed by atoms with Crippen molar-refractivity contribution in [1.82, 2.24) is 0 Å². The van der Waals surface area contributed by atoms with Gasteiger partial charge in [-0.1, -0.05) is 65.7 Å². The zero-order chi connectivity index (χ0) is 13.6. The molecule has 2 nitrogen and oxygen atoms in total. The number of hydrogen-bond donors (Lipinski definition) is 0.